The third-order valence-electron chi connectivity index (χ3n) is 3.21. The third kappa shape index (κ3) is 2.98. The van der Waals surface area contributed by atoms with Crippen LogP contribution >= 0.6 is 11.6 Å². The van der Waals surface area contributed by atoms with E-state index in [0.717, 1.165) is 5.56 Å². The molecule has 22 heavy (non-hydrogen) atoms. The zero-order chi connectivity index (χ0) is 15.7. The molecule has 1 aliphatic heterocycles. The fourth-order valence-corrected chi connectivity index (χ4v) is 3.39. The Labute approximate surface area is 133 Å². The minimum atomic E-state index is -3.71. The van der Waals surface area contributed by atoms with Gasteiger partial charge in [0.05, 0.1) is 15.6 Å². The van der Waals surface area contributed by atoms with Gasteiger partial charge in [-0.25, -0.2) is 8.42 Å². The van der Waals surface area contributed by atoms with Crippen LogP contribution in [0.5, 0.6) is 11.5 Å². The first kappa shape index (κ1) is 15.0. The molecule has 1 heterocycles. The number of halogens is 1. The van der Waals surface area contributed by atoms with Gasteiger partial charge in [-0.05, 0) is 19.1 Å². The molecule has 0 atom stereocenters. The Morgan fingerprint density at radius 3 is 2.27 bits per heavy atom. The maximum absolute atomic E-state index is 12.4. The highest BCUT2D eigenvalue weighted by atomic mass is 35.5. The second kappa shape index (κ2) is 5.70. The summed E-state index contributed by atoms with van der Waals surface area (Å²) in [6.07, 6.45) is 0. The van der Waals surface area contributed by atoms with Crippen LogP contribution < -0.4 is 14.2 Å². The van der Waals surface area contributed by atoms with E-state index in [-0.39, 0.29) is 15.6 Å². The van der Waals surface area contributed by atoms with Crippen molar-refractivity contribution in [3.8, 4) is 11.5 Å². The summed E-state index contributed by atoms with van der Waals surface area (Å²) in [5.74, 6) is 0.979. The monoisotopic (exact) mass is 339 g/mol. The van der Waals surface area contributed by atoms with Gasteiger partial charge in [0.25, 0.3) is 10.0 Å². The Bertz CT molecular complexity index is 803. The van der Waals surface area contributed by atoms with E-state index in [4.69, 9.17) is 21.1 Å². The topological polar surface area (TPSA) is 64.6 Å². The molecule has 0 saturated heterocycles. The number of aryl methyl sites for hydroxylation is 1. The van der Waals surface area contributed by atoms with Crippen LogP contribution in [-0.2, 0) is 10.0 Å². The number of rotatable bonds is 3. The average molecular weight is 340 g/mol. The lowest BCUT2D eigenvalue weighted by Crippen LogP contribution is -2.17. The van der Waals surface area contributed by atoms with Crippen molar-refractivity contribution in [2.45, 2.75) is 11.8 Å². The van der Waals surface area contributed by atoms with Gasteiger partial charge in [-0.2, -0.15) is 0 Å². The Hall–Kier alpha value is -1.92. The Morgan fingerprint density at radius 1 is 1.05 bits per heavy atom. The second-order valence-electron chi connectivity index (χ2n) is 4.89. The molecule has 0 fully saturated rings. The van der Waals surface area contributed by atoms with Gasteiger partial charge in [-0.3, -0.25) is 4.72 Å². The van der Waals surface area contributed by atoms with E-state index in [1.807, 2.05) is 6.92 Å². The van der Waals surface area contributed by atoms with Crippen LogP contribution in [-0.4, -0.2) is 21.6 Å². The SMILES string of the molecule is Cc1ccc(S(=O)(=O)Nc2cc3c(cc2Cl)OCCO3)cc1. The number of ether oxygens (including phenoxy) is 2. The number of anilines is 1. The van der Waals surface area contributed by atoms with Gasteiger partial charge < -0.3 is 9.47 Å². The highest BCUT2D eigenvalue weighted by molar-refractivity contribution is 7.92. The minimum Gasteiger partial charge on any atom is -0.486 e. The molecule has 0 unspecified atom stereocenters. The molecule has 116 valence electrons. The van der Waals surface area contributed by atoms with E-state index in [2.05, 4.69) is 4.72 Å². The maximum Gasteiger partial charge on any atom is 0.261 e. The van der Waals surface area contributed by atoms with Crippen LogP contribution in [0.3, 0.4) is 0 Å². The smallest absolute Gasteiger partial charge is 0.261 e. The third-order valence-corrected chi connectivity index (χ3v) is 4.90. The molecule has 1 N–H and O–H groups in total. The predicted molar refractivity (Wildman–Crippen MR) is 84.4 cm³/mol. The standard InChI is InChI=1S/C15H14ClNO4S/c1-10-2-4-11(5-3-10)22(18,19)17-13-9-15-14(8-12(13)16)20-6-7-21-15/h2-5,8-9,17H,6-7H2,1H3. The van der Waals surface area contributed by atoms with Gasteiger partial charge in [0.2, 0.25) is 0 Å². The summed E-state index contributed by atoms with van der Waals surface area (Å²) in [6.45, 7) is 2.75. The van der Waals surface area contributed by atoms with Crippen molar-refractivity contribution in [3.63, 3.8) is 0 Å². The molecule has 0 amide bonds. The van der Waals surface area contributed by atoms with Crippen molar-refractivity contribution >= 4 is 27.3 Å². The maximum atomic E-state index is 12.4. The predicted octanol–water partition coefficient (Wildman–Crippen LogP) is 3.22. The zero-order valence-corrected chi connectivity index (χ0v) is 13.4. The summed E-state index contributed by atoms with van der Waals surface area (Å²) in [7, 11) is -3.71. The molecule has 5 nitrogen and oxygen atoms in total. The van der Waals surface area contributed by atoms with Gasteiger partial charge in [0, 0.05) is 12.1 Å². The Kier molecular flexibility index (Phi) is 3.88. The van der Waals surface area contributed by atoms with E-state index in [0.29, 0.717) is 24.7 Å². The van der Waals surface area contributed by atoms with Crippen molar-refractivity contribution in [2.24, 2.45) is 0 Å². The van der Waals surface area contributed by atoms with Crippen molar-refractivity contribution < 1.29 is 17.9 Å². The average Bonchev–Trinajstić information content (AvgIpc) is 2.48. The van der Waals surface area contributed by atoms with E-state index in [1.54, 1.807) is 30.3 Å². The van der Waals surface area contributed by atoms with Crippen LogP contribution in [0.4, 0.5) is 5.69 Å². The normalized spacial score (nSPS) is 13.7. The summed E-state index contributed by atoms with van der Waals surface area (Å²) in [4.78, 5) is 0.170. The van der Waals surface area contributed by atoms with Gasteiger partial charge in [0.15, 0.2) is 11.5 Å². The van der Waals surface area contributed by atoms with E-state index >= 15 is 0 Å². The lowest BCUT2D eigenvalue weighted by molar-refractivity contribution is 0.171. The molecular weight excluding hydrogens is 326 g/mol. The van der Waals surface area contributed by atoms with Crippen LogP contribution in [0.1, 0.15) is 5.56 Å². The fourth-order valence-electron chi connectivity index (χ4n) is 2.06. The highest BCUT2D eigenvalue weighted by Gasteiger charge is 2.19. The summed E-state index contributed by atoms with van der Waals surface area (Å²) < 4.78 is 38.1. The molecule has 2 aromatic rings. The number of benzene rings is 2. The molecule has 0 bridgehead atoms. The summed E-state index contributed by atoms with van der Waals surface area (Å²) in [6, 6.07) is 9.64. The Balaban J connectivity index is 1.93. The van der Waals surface area contributed by atoms with Crippen molar-refractivity contribution in [3.05, 3.63) is 47.0 Å². The fraction of sp³-hybridized carbons (Fsp3) is 0.200. The number of hydrogen-bond donors (Lipinski definition) is 1. The molecule has 2 aromatic carbocycles. The van der Waals surface area contributed by atoms with Crippen LogP contribution in [0.25, 0.3) is 0 Å². The lowest BCUT2D eigenvalue weighted by atomic mass is 10.2. The largest absolute Gasteiger partial charge is 0.486 e. The number of sulfonamides is 1. The molecule has 1 aliphatic rings. The Morgan fingerprint density at radius 2 is 1.64 bits per heavy atom. The minimum absolute atomic E-state index is 0.170. The van der Waals surface area contributed by atoms with Crippen LogP contribution in [0.15, 0.2) is 41.3 Å². The second-order valence-corrected chi connectivity index (χ2v) is 6.98. The van der Waals surface area contributed by atoms with Crippen molar-refractivity contribution in [1.29, 1.82) is 0 Å². The van der Waals surface area contributed by atoms with Crippen molar-refractivity contribution in [1.82, 2.24) is 0 Å². The number of nitrogens with one attached hydrogen (secondary N) is 1. The molecule has 0 saturated carbocycles. The summed E-state index contributed by atoms with van der Waals surface area (Å²) in [5, 5.41) is 0.250. The van der Waals surface area contributed by atoms with Gasteiger partial charge in [0.1, 0.15) is 13.2 Å². The number of fused-ring (bicyclic) bond motifs is 1. The van der Waals surface area contributed by atoms with Crippen LogP contribution in [0, 0.1) is 6.92 Å². The molecule has 0 aromatic heterocycles. The molecule has 0 radical (unpaired) electrons. The number of hydrogen-bond acceptors (Lipinski definition) is 4. The van der Waals surface area contributed by atoms with E-state index in [1.165, 1.54) is 6.07 Å². The van der Waals surface area contributed by atoms with Crippen LogP contribution in [0.2, 0.25) is 5.02 Å². The van der Waals surface area contributed by atoms with Gasteiger partial charge in [-0.15, -0.1) is 0 Å². The first-order valence-corrected chi connectivity index (χ1v) is 8.50. The lowest BCUT2D eigenvalue weighted by Gasteiger charge is -2.20. The highest BCUT2D eigenvalue weighted by Crippen LogP contribution is 2.38. The van der Waals surface area contributed by atoms with Gasteiger partial charge >= 0.3 is 0 Å². The van der Waals surface area contributed by atoms with E-state index < -0.39 is 10.0 Å². The summed E-state index contributed by atoms with van der Waals surface area (Å²) >= 11 is 6.12. The van der Waals surface area contributed by atoms with Crippen molar-refractivity contribution in [2.75, 3.05) is 17.9 Å². The summed E-state index contributed by atoms with van der Waals surface area (Å²) in [5.41, 5.74) is 1.24. The first-order chi connectivity index (χ1) is 10.5. The molecule has 0 aliphatic carbocycles. The quantitative estimate of drug-likeness (QED) is 0.932. The van der Waals surface area contributed by atoms with Gasteiger partial charge in [-0.1, -0.05) is 29.3 Å². The molecule has 0 spiro atoms. The first-order valence-electron chi connectivity index (χ1n) is 6.64. The van der Waals surface area contributed by atoms with E-state index in [9.17, 15) is 8.42 Å². The molecule has 3 rings (SSSR count). The zero-order valence-electron chi connectivity index (χ0n) is 11.8. The molecular formula is C15H14ClNO4S. The molecule has 7 heteroatoms.